The van der Waals surface area contributed by atoms with E-state index in [1.807, 2.05) is 18.2 Å². The lowest BCUT2D eigenvalue weighted by molar-refractivity contribution is 0.299. The Bertz CT molecular complexity index is 484. The Kier molecular flexibility index (Phi) is 4.84. The SMILES string of the molecule is C=CCCCCOc1nsnc1-c1cccnc1. The third-order valence-electron chi connectivity index (χ3n) is 2.43. The maximum atomic E-state index is 5.65. The van der Waals surface area contributed by atoms with Gasteiger partial charge in [0.05, 0.1) is 18.3 Å². The van der Waals surface area contributed by atoms with Crippen LogP contribution in [0.4, 0.5) is 0 Å². The molecule has 0 unspecified atom stereocenters. The van der Waals surface area contributed by atoms with E-state index in [9.17, 15) is 0 Å². The molecule has 0 amide bonds. The van der Waals surface area contributed by atoms with Gasteiger partial charge in [0.2, 0.25) is 0 Å². The minimum absolute atomic E-state index is 0.603. The number of rotatable bonds is 7. The third kappa shape index (κ3) is 3.37. The predicted octanol–water partition coefficient (Wildman–Crippen LogP) is 3.34. The van der Waals surface area contributed by atoms with Gasteiger partial charge in [0.15, 0.2) is 0 Å². The molecule has 18 heavy (non-hydrogen) atoms. The number of aromatic nitrogens is 3. The van der Waals surface area contributed by atoms with Gasteiger partial charge in [0.25, 0.3) is 5.88 Å². The first-order chi connectivity index (χ1) is 8.92. The maximum Gasteiger partial charge on any atom is 0.254 e. The van der Waals surface area contributed by atoms with Gasteiger partial charge in [0, 0.05) is 18.0 Å². The van der Waals surface area contributed by atoms with Crippen LogP contribution in [0.3, 0.4) is 0 Å². The normalized spacial score (nSPS) is 10.2. The van der Waals surface area contributed by atoms with Crippen molar-refractivity contribution < 1.29 is 4.74 Å². The fraction of sp³-hybridized carbons (Fsp3) is 0.308. The molecule has 0 N–H and O–H groups in total. The van der Waals surface area contributed by atoms with Gasteiger partial charge in [-0.1, -0.05) is 6.08 Å². The summed E-state index contributed by atoms with van der Waals surface area (Å²) < 4.78 is 14.1. The van der Waals surface area contributed by atoms with Gasteiger partial charge in [-0.25, -0.2) is 0 Å². The second kappa shape index (κ2) is 6.86. The summed E-state index contributed by atoms with van der Waals surface area (Å²) in [5.74, 6) is 0.603. The summed E-state index contributed by atoms with van der Waals surface area (Å²) in [6, 6.07) is 3.83. The maximum absolute atomic E-state index is 5.65. The average molecular weight is 261 g/mol. The first-order valence-electron chi connectivity index (χ1n) is 5.88. The molecule has 2 heterocycles. The molecule has 0 saturated carbocycles. The van der Waals surface area contributed by atoms with Crippen LogP contribution in [0, 0.1) is 0 Å². The first-order valence-corrected chi connectivity index (χ1v) is 6.61. The van der Waals surface area contributed by atoms with Gasteiger partial charge in [-0.05, 0) is 31.4 Å². The van der Waals surface area contributed by atoms with Gasteiger partial charge in [-0.3, -0.25) is 4.98 Å². The second-order valence-electron chi connectivity index (χ2n) is 3.79. The van der Waals surface area contributed by atoms with Crippen LogP contribution < -0.4 is 4.74 Å². The molecule has 0 spiro atoms. The second-order valence-corrected chi connectivity index (χ2v) is 4.32. The van der Waals surface area contributed by atoms with E-state index in [4.69, 9.17) is 4.74 Å². The van der Waals surface area contributed by atoms with Crippen LogP contribution >= 0.6 is 11.7 Å². The van der Waals surface area contributed by atoms with Gasteiger partial charge in [0.1, 0.15) is 5.69 Å². The standard InChI is InChI=1S/C13H15N3OS/c1-2-3-4-5-9-17-13-12(15-18-16-13)11-7-6-8-14-10-11/h2,6-8,10H,1,3-5,9H2. The van der Waals surface area contributed by atoms with Crippen LogP contribution in [0.25, 0.3) is 11.3 Å². The summed E-state index contributed by atoms with van der Waals surface area (Å²) in [6.45, 7) is 4.35. The smallest absolute Gasteiger partial charge is 0.254 e. The molecule has 5 heteroatoms. The molecule has 0 fully saturated rings. The van der Waals surface area contributed by atoms with E-state index in [1.165, 1.54) is 0 Å². The van der Waals surface area contributed by atoms with E-state index in [0.29, 0.717) is 12.5 Å². The van der Waals surface area contributed by atoms with Crippen molar-refractivity contribution in [3.8, 4) is 17.1 Å². The van der Waals surface area contributed by atoms with E-state index in [0.717, 1.165) is 42.2 Å². The summed E-state index contributed by atoms with van der Waals surface area (Å²) in [6.07, 6.45) is 8.53. The quantitative estimate of drug-likeness (QED) is 0.566. The molecule has 0 radical (unpaired) electrons. The Hall–Kier alpha value is -1.75. The Morgan fingerprint density at radius 3 is 3.06 bits per heavy atom. The van der Waals surface area contributed by atoms with Crippen LogP contribution in [0.15, 0.2) is 37.2 Å². The lowest BCUT2D eigenvalue weighted by Crippen LogP contribution is -1.98. The van der Waals surface area contributed by atoms with E-state index < -0.39 is 0 Å². The highest BCUT2D eigenvalue weighted by Gasteiger charge is 2.11. The Morgan fingerprint density at radius 2 is 2.28 bits per heavy atom. The van der Waals surface area contributed by atoms with Crippen LogP contribution in [0.5, 0.6) is 5.88 Å². The van der Waals surface area contributed by atoms with Gasteiger partial charge < -0.3 is 4.74 Å². The van der Waals surface area contributed by atoms with Crippen molar-refractivity contribution in [3.05, 3.63) is 37.2 Å². The largest absolute Gasteiger partial charge is 0.475 e. The molecule has 0 aliphatic carbocycles. The lowest BCUT2D eigenvalue weighted by atomic mass is 10.2. The summed E-state index contributed by atoms with van der Waals surface area (Å²) in [5.41, 5.74) is 1.71. The Labute approximate surface area is 111 Å². The van der Waals surface area contributed by atoms with Crippen molar-refractivity contribution in [2.24, 2.45) is 0 Å². The van der Waals surface area contributed by atoms with Crippen LogP contribution in [0.1, 0.15) is 19.3 Å². The number of nitrogens with zero attached hydrogens (tertiary/aromatic N) is 3. The number of hydrogen-bond donors (Lipinski definition) is 0. The van der Waals surface area contributed by atoms with Gasteiger partial charge in [-0.2, -0.15) is 4.37 Å². The number of pyridine rings is 1. The van der Waals surface area contributed by atoms with Crippen molar-refractivity contribution in [1.82, 2.24) is 13.7 Å². The van der Waals surface area contributed by atoms with E-state index in [2.05, 4.69) is 20.3 Å². The molecule has 0 aliphatic heterocycles. The highest BCUT2D eigenvalue weighted by molar-refractivity contribution is 6.99. The zero-order chi connectivity index (χ0) is 12.6. The topological polar surface area (TPSA) is 47.9 Å². The van der Waals surface area contributed by atoms with Crippen LogP contribution in [-0.4, -0.2) is 20.3 Å². The summed E-state index contributed by atoms with van der Waals surface area (Å²) in [7, 11) is 0. The average Bonchev–Trinajstić information content (AvgIpc) is 2.88. The number of hydrogen-bond acceptors (Lipinski definition) is 5. The molecule has 4 nitrogen and oxygen atoms in total. The highest BCUT2D eigenvalue weighted by Crippen LogP contribution is 2.26. The first kappa shape index (κ1) is 12.7. The minimum atomic E-state index is 0.603. The van der Waals surface area contributed by atoms with E-state index in [1.54, 1.807) is 12.4 Å². The van der Waals surface area contributed by atoms with Gasteiger partial charge in [-0.15, -0.1) is 11.0 Å². The molecule has 0 atom stereocenters. The minimum Gasteiger partial charge on any atom is -0.475 e. The zero-order valence-corrected chi connectivity index (χ0v) is 10.9. The zero-order valence-electron chi connectivity index (χ0n) is 10.1. The Morgan fingerprint density at radius 1 is 1.33 bits per heavy atom. The number of allylic oxidation sites excluding steroid dienone is 1. The summed E-state index contributed by atoms with van der Waals surface area (Å²) in [4.78, 5) is 4.07. The van der Waals surface area contributed by atoms with Crippen molar-refractivity contribution in [1.29, 1.82) is 0 Å². The molecular formula is C13H15N3OS. The summed E-state index contributed by atoms with van der Waals surface area (Å²) in [5, 5.41) is 0. The molecule has 94 valence electrons. The molecule has 2 aromatic heterocycles. The molecule has 0 aromatic carbocycles. The monoisotopic (exact) mass is 261 g/mol. The third-order valence-corrected chi connectivity index (χ3v) is 2.95. The van der Waals surface area contributed by atoms with Crippen molar-refractivity contribution in [2.75, 3.05) is 6.61 Å². The fourth-order valence-corrected chi connectivity index (χ4v) is 2.03. The summed E-state index contributed by atoms with van der Waals surface area (Å²) >= 11 is 1.16. The van der Waals surface area contributed by atoms with Gasteiger partial charge >= 0.3 is 0 Å². The number of ether oxygens (including phenoxy) is 1. The molecule has 2 rings (SSSR count). The number of unbranched alkanes of at least 4 members (excludes halogenated alkanes) is 2. The Balaban J connectivity index is 1.94. The van der Waals surface area contributed by atoms with Crippen LogP contribution in [0.2, 0.25) is 0 Å². The van der Waals surface area contributed by atoms with Crippen LogP contribution in [-0.2, 0) is 0 Å². The molecule has 0 aliphatic rings. The van der Waals surface area contributed by atoms with Crippen molar-refractivity contribution >= 4 is 11.7 Å². The van der Waals surface area contributed by atoms with Crippen molar-refractivity contribution in [3.63, 3.8) is 0 Å². The fourth-order valence-electron chi connectivity index (χ4n) is 1.51. The molecule has 2 aromatic rings. The lowest BCUT2D eigenvalue weighted by Gasteiger charge is -2.03. The highest BCUT2D eigenvalue weighted by atomic mass is 32.1. The van der Waals surface area contributed by atoms with E-state index in [-0.39, 0.29) is 0 Å². The molecule has 0 bridgehead atoms. The van der Waals surface area contributed by atoms with Crippen molar-refractivity contribution in [2.45, 2.75) is 19.3 Å². The molecular weight excluding hydrogens is 246 g/mol. The predicted molar refractivity (Wildman–Crippen MR) is 72.7 cm³/mol. The molecule has 0 saturated heterocycles. The van der Waals surface area contributed by atoms with E-state index >= 15 is 0 Å².